The number of carbonyl (C=O) groups is 1. The van der Waals surface area contributed by atoms with Gasteiger partial charge in [-0.25, -0.2) is 4.98 Å². The summed E-state index contributed by atoms with van der Waals surface area (Å²) in [6.07, 6.45) is 8.81. The fourth-order valence-corrected chi connectivity index (χ4v) is 3.45. The van der Waals surface area contributed by atoms with E-state index in [1.54, 1.807) is 36.7 Å². The van der Waals surface area contributed by atoms with Crippen molar-refractivity contribution in [1.29, 1.82) is 0 Å². The first-order valence-electron chi connectivity index (χ1n) is 9.94. The molecule has 6 nitrogen and oxygen atoms in total. The van der Waals surface area contributed by atoms with E-state index in [0.717, 1.165) is 24.5 Å². The molecule has 4 rings (SSSR count). The Balaban J connectivity index is 1.37. The van der Waals surface area contributed by atoms with Gasteiger partial charge in [0.2, 0.25) is 0 Å². The minimum Gasteiger partial charge on any atom is -0.456 e. The lowest BCUT2D eigenvalue weighted by Crippen LogP contribution is -2.32. The summed E-state index contributed by atoms with van der Waals surface area (Å²) in [6, 6.07) is 14.7. The maximum atomic E-state index is 12.6. The molecular formula is C23H24N4O2. The topological polar surface area (TPSA) is 67.4 Å². The molecule has 1 aliphatic heterocycles. The van der Waals surface area contributed by atoms with Crippen molar-refractivity contribution >= 4 is 11.7 Å². The predicted octanol–water partition coefficient (Wildman–Crippen LogP) is 4.19. The van der Waals surface area contributed by atoms with E-state index < -0.39 is 0 Å². The number of pyridine rings is 2. The summed E-state index contributed by atoms with van der Waals surface area (Å²) in [5.41, 5.74) is 1.63. The van der Waals surface area contributed by atoms with Crippen LogP contribution in [0.3, 0.4) is 0 Å². The maximum Gasteiger partial charge on any atom is 0.251 e. The van der Waals surface area contributed by atoms with Gasteiger partial charge in [0.1, 0.15) is 17.3 Å². The highest BCUT2D eigenvalue weighted by Gasteiger charge is 2.16. The molecule has 3 heterocycles. The SMILES string of the molecule is O=C(NCc1cccnc1N1CCCCC1)c1ccc(Oc2cccnc2)cc1. The number of hydrogen-bond donors (Lipinski definition) is 1. The number of piperidine rings is 1. The number of carbonyl (C=O) groups excluding carboxylic acids is 1. The van der Waals surface area contributed by atoms with E-state index in [0.29, 0.717) is 23.6 Å². The van der Waals surface area contributed by atoms with Gasteiger partial charge in [-0.1, -0.05) is 6.07 Å². The van der Waals surface area contributed by atoms with E-state index in [4.69, 9.17) is 4.74 Å². The molecule has 29 heavy (non-hydrogen) atoms. The predicted molar refractivity (Wildman–Crippen MR) is 112 cm³/mol. The zero-order valence-electron chi connectivity index (χ0n) is 16.3. The van der Waals surface area contributed by atoms with E-state index in [1.165, 1.54) is 19.3 Å². The van der Waals surface area contributed by atoms with Gasteiger partial charge < -0.3 is 15.0 Å². The van der Waals surface area contributed by atoms with Crippen LogP contribution in [0, 0.1) is 0 Å². The van der Waals surface area contributed by atoms with E-state index >= 15 is 0 Å². The molecule has 1 saturated heterocycles. The van der Waals surface area contributed by atoms with Gasteiger partial charge in [0.15, 0.2) is 0 Å². The molecule has 1 aromatic carbocycles. The lowest BCUT2D eigenvalue weighted by Gasteiger charge is -2.29. The molecule has 0 bridgehead atoms. The second-order valence-corrected chi connectivity index (χ2v) is 7.03. The standard InChI is InChI=1S/C23H24N4O2/c28-23(18-8-10-20(11-9-18)29-21-7-5-12-24-17-21)26-16-19-6-4-13-25-22(19)27-14-2-1-3-15-27/h4-13,17H,1-3,14-16H2,(H,26,28). The van der Waals surface area contributed by atoms with Crippen molar-refractivity contribution in [3.63, 3.8) is 0 Å². The van der Waals surface area contributed by atoms with E-state index in [2.05, 4.69) is 20.2 Å². The zero-order chi connectivity index (χ0) is 19.9. The highest BCUT2D eigenvalue weighted by molar-refractivity contribution is 5.94. The van der Waals surface area contributed by atoms with Crippen LogP contribution in [0.25, 0.3) is 0 Å². The van der Waals surface area contributed by atoms with Crippen LogP contribution in [0.4, 0.5) is 5.82 Å². The molecule has 0 spiro atoms. The average molecular weight is 388 g/mol. The van der Waals surface area contributed by atoms with E-state index in [1.807, 2.05) is 30.5 Å². The molecular weight excluding hydrogens is 364 g/mol. The van der Waals surface area contributed by atoms with Gasteiger partial charge in [-0.2, -0.15) is 0 Å². The van der Waals surface area contributed by atoms with Gasteiger partial charge in [0, 0.05) is 43.2 Å². The second-order valence-electron chi connectivity index (χ2n) is 7.03. The van der Waals surface area contributed by atoms with Crippen LogP contribution in [-0.4, -0.2) is 29.0 Å². The monoisotopic (exact) mass is 388 g/mol. The molecule has 148 valence electrons. The summed E-state index contributed by atoms with van der Waals surface area (Å²) in [7, 11) is 0. The van der Waals surface area contributed by atoms with Crippen molar-refractivity contribution in [2.75, 3.05) is 18.0 Å². The molecule has 0 unspecified atom stereocenters. The Labute approximate surface area is 170 Å². The van der Waals surface area contributed by atoms with Crippen molar-refractivity contribution in [2.24, 2.45) is 0 Å². The van der Waals surface area contributed by atoms with Crippen LogP contribution in [0.2, 0.25) is 0 Å². The summed E-state index contributed by atoms with van der Waals surface area (Å²) in [6.45, 7) is 2.50. The number of rotatable bonds is 6. The van der Waals surface area contributed by atoms with Crippen LogP contribution < -0.4 is 15.0 Å². The van der Waals surface area contributed by atoms with Crippen LogP contribution in [0.15, 0.2) is 67.1 Å². The Morgan fingerprint density at radius 3 is 2.52 bits per heavy atom. The van der Waals surface area contributed by atoms with Crippen LogP contribution in [0.1, 0.15) is 35.2 Å². The molecule has 1 amide bonds. The normalized spacial score (nSPS) is 13.7. The Kier molecular flexibility index (Phi) is 6.00. The van der Waals surface area contributed by atoms with Crippen molar-refractivity contribution in [3.8, 4) is 11.5 Å². The third-order valence-electron chi connectivity index (χ3n) is 4.95. The maximum absolute atomic E-state index is 12.6. The van der Waals surface area contributed by atoms with Gasteiger partial charge in [-0.3, -0.25) is 9.78 Å². The van der Waals surface area contributed by atoms with Crippen molar-refractivity contribution in [3.05, 3.63) is 78.2 Å². The molecule has 0 saturated carbocycles. The molecule has 0 radical (unpaired) electrons. The van der Waals surface area contributed by atoms with Crippen LogP contribution in [-0.2, 0) is 6.54 Å². The molecule has 0 aliphatic carbocycles. The average Bonchev–Trinajstić information content (AvgIpc) is 2.79. The molecule has 1 fully saturated rings. The Bertz CT molecular complexity index is 939. The first-order chi connectivity index (χ1) is 14.3. The number of ether oxygens (including phenoxy) is 1. The number of anilines is 1. The van der Waals surface area contributed by atoms with Gasteiger partial charge >= 0.3 is 0 Å². The summed E-state index contributed by atoms with van der Waals surface area (Å²) < 4.78 is 5.72. The quantitative estimate of drug-likeness (QED) is 0.686. The summed E-state index contributed by atoms with van der Waals surface area (Å²) in [5, 5.41) is 3.01. The van der Waals surface area contributed by atoms with Crippen molar-refractivity contribution < 1.29 is 9.53 Å². The van der Waals surface area contributed by atoms with Crippen molar-refractivity contribution in [2.45, 2.75) is 25.8 Å². The number of aromatic nitrogens is 2. The fraction of sp³-hybridized carbons (Fsp3) is 0.261. The molecule has 1 aliphatic rings. The van der Waals surface area contributed by atoms with Crippen LogP contribution in [0.5, 0.6) is 11.5 Å². The van der Waals surface area contributed by atoms with E-state index in [9.17, 15) is 4.79 Å². The van der Waals surface area contributed by atoms with E-state index in [-0.39, 0.29) is 5.91 Å². The lowest BCUT2D eigenvalue weighted by molar-refractivity contribution is 0.0951. The Morgan fingerprint density at radius 2 is 1.76 bits per heavy atom. The van der Waals surface area contributed by atoms with Crippen LogP contribution >= 0.6 is 0 Å². The number of nitrogens with one attached hydrogen (secondary N) is 1. The molecule has 1 N–H and O–H groups in total. The number of hydrogen-bond acceptors (Lipinski definition) is 5. The van der Waals surface area contributed by atoms with Crippen molar-refractivity contribution in [1.82, 2.24) is 15.3 Å². The molecule has 6 heteroatoms. The molecule has 3 aromatic rings. The minimum absolute atomic E-state index is 0.119. The highest BCUT2D eigenvalue weighted by atomic mass is 16.5. The molecule has 0 atom stereocenters. The smallest absolute Gasteiger partial charge is 0.251 e. The third-order valence-corrected chi connectivity index (χ3v) is 4.95. The summed E-state index contributed by atoms with van der Waals surface area (Å²) >= 11 is 0. The Hall–Kier alpha value is -3.41. The molecule has 2 aromatic heterocycles. The second kappa shape index (κ2) is 9.19. The van der Waals surface area contributed by atoms with Gasteiger partial charge in [-0.05, 0) is 61.7 Å². The number of nitrogens with zero attached hydrogens (tertiary/aromatic N) is 3. The summed E-state index contributed by atoms with van der Waals surface area (Å²) in [5.74, 6) is 2.18. The number of benzene rings is 1. The first kappa shape index (κ1) is 18.9. The summed E-state index contributed by atoms with van der Waals surface area (Å²) in [4.78, 5) is 23.5. The zero-order valence-corrected chi connectivity index (χ0v) is 16.3. The lowest BCUT2D eigenvalue weighted by atomic mass is 10.1. The van der Waals surface area contributed by atoms with Gasteiger partial charge in [-0.15, -0.1) is 0 Å². The third kappa shape index (κ3) is 4.90. The Morgan fingerprint density at radius 1 is 0.966 bits per heavy atom. The number of amides is 1. The first-order valence-corrected chi connectivity index (χ1v) is 9.94. The fourth-order valence-electron chi connectivity index (χ4n) is 3.45. The largest absolute Gasteiger partial charge is 0.456 e. The highest BCUT2D eigenvalue weighted by Crippen LogP contribution is 2.22. The minimum atomic E-state index is -0.119. The van der Waals surface area contributed by atoms with Gasteiger partial charge in [0.25, 0.3) is 5.91 Å². The van der Waals surface area contributed by atoms with Gasteiger partial charge in [0.05, 0.1) is 6.20 Å².